The maximum absolute atomic E-state index is 14.9. The molecule has 2 atom stereocenters. The Kier molecular flexibility index (Phi) is 4.90. The smallest absolute Gasteiger partial charge is 0.380 e. The first-order valence-electron chi connectivity index (χ1n) is 8.95. The number of nitrogens with two attached hydrogens (primary N) is 1. The van der Waals surface area contributed by atoms with Crippen molar-refractivity contribution in [2.24, 2.45) is 11.7 Å². The van der Waals surface area contributed by atoms with Gasteiger partial charge in [0.25, 0.3) is 5.91 Å². The van der Waals surface area contributed by atoms with Crippen LogP contribution in [-0.4, -0.2) is 46.2 Å². The monoisotopic (exact) mass is 414 g/mol. The highest BCUT2D eigenvalue weighted by atomic mass is 19.4. The Balaban J connectivity index is 1.69. The second-order valence-corrected chi connectivity index (χ2v) is 6.97. The fraction of sp³-hybridized carbons (Fsp3) is 0.471. The van der Waals surface area contributed by atoms with E-state index in [1.54, 1.807) is 0 Å². The number of amides is 1. The number of halogens is 4. The number of anilines is 1. The van der Waals surface area contributed by atoms with E-state index < -0.39 is 23.6 Å². The summed E-state index contributed by atoms with van der Waals surface area (Å²) in [5.41, 5.74) is 4.79. The van der Waals surface area contributed by atoms with Crippen LogP contribution in [0.15, 0.2) is 12.5 Å². The van der Waals surface area contributed by atoms with Crippen molar-refractivity contribution in [1.82, 2.24) is 19.9 Å². The van der Waals surface area contributed by atoms with Crippen LogP contribution in [0, 0.1) is 11.7 Å². The van der Waals surface area contributed by atoms with Gasteiger partial charge in [0.2, 0.25) is 0 Å². The van der Waals surface area contributed by atoms with Gasteiger partial charge in [0.15, 0.2) is 23.1 Å². The summed E-state index contributed by atoms with van der Waals surface area (Å²) in [7, 11) is 0. The van der Waals surface area contributed by atoms with Gasteiger partial charge in [-0.25, -0.2) is 14.4 Å². The first-order valence-corrected chi connectivity index (χ1v) is 8.95. The van der Waals surface area contributed by atoms with Gasteiger partial charge in [0.1, 0.15) is 6.33 Å². The maximum Gasteiger partial charge on any atom is 0.434 e. The summed E-state index contributed by atoms with van der Waals surface area (Å²) in [4.78, 5) is 19.6. The fourth-order valence-corrected chi connectivity index (χ4v) is 3.43. The van der Waals surface area contributed by atoms with Crippen LogP contribution >= 0.6 is 0 Å². The molecule has 1 saturated heterocycles. The summed E-state index contributed by atoms with van der Waals surface area (Å²) in [5.74, 6) is -1.60. The summed E-state index contributed by atoms with van der Waals surface area (Å²) in [6.07, 6.45) is -2.36. The van der Waals surface area contributed by atoms with Crippen molar-refractivity contribution >= 4 is 11.7 Å². The van der Waals surface area contributed by atoms with E-state index in [0.717, 1.165) is 10.9 Å². The molecule has 0 radical (unpaired) electrons. The van der Waals surface area contributed by atoms with Gasteiger partial charge < -0.3 is 21.1 Å². The number of pyridine rings is 1. The lowest BCUT2D eigenvalue weighted by Crippen LogP contribution is -2.42. The third-order valence-corrected chi connectivity index (χ3v) is 5.07. The van der Waals surface area contributed by atoms with E-state index in [1.807, 2.05) is 0 Å². The molecule has 0 aliphatic carbocycles. The number of fused-ring (bicyclic) bond motifs is 1. The summed E-state index contributed by atoms with van der Waals surface area (Å²) < 4.78 is 59.9. The molecule has 4 N–H and O–H groups in total. The van der Waals surface area contributed by atoms with Gasteiger partial charge in [0, 0.05) is 37.5 Å². The Labute approximate surface area is 162 Å². The average molecular weight is 414 g/mol. The van der Waals surface area contributed by atoms with Gasteiger partial charge in [-0.2, -0.15) is 13.2 Å². The van der Waals surface area contributed by atoms with E-state index in [9.17, 15) is 22.4 Å². The summed E-state index contributed by atoms with van der Waals surface area (Å²) in [5, 5.41) is 5.36. The van der Waals surface area contributed by atoms with E-state index >= 15 is 0 Å². The van der Waals surface area contributed by atoms with Crippen molar-refractivity contribution in [3.8, 4) is 5.82 Å². The Morgan fingerprint density at radius 2 is 2.21 bits per heavy atom. The van der Waals surface area contributed by atoms with Crippen molar-refractivity contribution in [2.45, 2.75) is 25.2 Å². The third-order valence-electron chi connectivity index (χ3n) is 5.07. The van der Waals surface area contributed by atoms with Crippen molar-refractivity contribution in [1.29, 1.82) is 0 Å². The van der Waals surface area contributed by atoms with E-state index in [4.69, 9.17) is 10.5 Å². The lowest BCUT2D eigenvalue weighted by atomic mass is 9.95. The van der Waals surface area contributed by atoms with Gasteiger partial charge in [-0.15, -0.1) is 0 Å². The molecule has 4 rings (SSSR count). The third kappa shape index (κ3) is 3.65. The molecule has 8 nitrogen and oxygen atoms in total. The fourth-order valence-electron chi connectivity index (χ4n) is 3.43. The molecular formula is C17H18F4N6O2. The number of imidazole rings is 1. The van der Waals surface area contributed by atoms with Crippen LogP contribution in [0.3, 0.4) is 0 Å². The van der Waals surface area contributed by atoms with Gasteiger partial charge in [-0.1, -0.05) is 0 Å². The molecule has 2 aromatic heterocycles. The number of hydrogen-bond acceptors (Lipinski definition) is 6. The highest BCUT2D eigenvalue weighted by Crippen LogP contribution is 2.32. The molecule has 0 spiro atoms. The van der Waals surface area contributed by atoms with E-state index in [-0.39, 0.29) is 41.3 Å². The zero-order chi connectivity index (χ0) is 20.8. The van der Waals surface area contributed by atoms with Gasteiger partial charge in [0.05, 0.1) is 12.2 Å². The second-order valence-electron chi connectivity index (χ2n) is 6.97. The molecule has 1 fully saturated rings. The number of nitrogens with zero attached hydrogens (tertiary/aromatic N) is 3. The molecule has 156 valence electrons. The Morgan fingerprint density at radius 3 is 2.90 bits per heavy atom. The van der Waals surface area contributed by atoms with Crippen LogP contribution in [0.2, 0.25) is 0 Å². The standard InChI is InChI=1S/C17H18F4N6O2/c18-13-9-4-24-16(28)12(9)15(27-5-11(25-7-27)17(19,20)21)26-14(13)23-3-8-1-2-29-6-10(8)22/h5,7-8,10H,1-4,6,22H2,(H,23,26)(H,24,28)/t8-,10-/m0/s1. The number of carbonyl (C=O) groups is 1. The van der Waals surface area contributed by atoms with Crippen LogP contribution in [-0.2, 0) is 17.5 Å². The van der Waals surface area contributed by atoms with E-state index in [2.05, 4.69) is 20.6 Å². The average Bonchev–Trinajstić information content (AvgIpc) is 3.30. The minimum absolute atomic E-state index is 0.0199. The van der Waals surface area contributed by atoms with Crippen molar-refractivity contribution in [2.75, 3.05) is 25.1 Å². The van der Waals surface area contributed by atoms with E-state index in [0.29, 0.717) is 32.4 Å². The molecule has 1 amide bonds. The lowest BCUT2D eigenvalue weighted by molar-refractivity contribution is -0.140. The molecule has 0 aromatic carbocycles. The minimum Gasteiger partial charge on any atom is -0.380 e. The van der Waals surface area contributed by atoms with Gasteiger partial charge in [-0.05, 0) is 12.3 Å². The molecule has 29 heavy (non-hydrogen) atoms. The zero-order valence-electron chi connectivity index (χ0n) is 15.1. The molecule has 0 unspecified atom stereocenters. The number of nitrogens with one attached hydrogen (secondary N) is 2. The number of hydrogen-bond donors (Lipinski definition) is 3. The summed E-state index contributed by atoms with van der Waals surface area (Å²) in [6.45, 7) is 1.16. The molecule has 4 heterocycles. The van der Waals surface area contributed by atoms with Crippen molar-refractivity contribution < 1.29 is 27.1 Å². The molecule has 2 aromatic rings. The molecule has 2 aliphatic heterocycles. The number of ether oxygens (including phenoxy) is 1. The van der Waals surface area contributed by atoms with Gasteiger partial charge >= 0.3 is 6.18 Å². The number of aromatic nitrogens is 3. The summed E-state index contributed by atoms with van der Waals surface area (Å²) in [6, 6.07) is -0.223. The lowest BCUT2D eigenvalue weighted by Gasteiger charge is -2.29. The first-order chi connectivity index (χ1) is 13.8. The zero-order valence-corrected chi connectivity index (χ0v) is 15.1. The molecule has 12 heteroatoms. The Morgan fingerprint density at radius 1 is 1.41 bits per heavy atom. The van der Waals surface area contributed by atoms with Crippen molar-refractivity contribution in [3.05, 3.63) is 35.2 Å². The predicted octanol–water partition coefficient (Wildman–Crippen LogP) is 1.44. The molecule has 2 aliphatic rings. The molecular weight excluding hydrogens is 396 g/mol. The van der Waals surface area contributed by atoms with Crippen molar-refractivity contribution in [3.63, 3.8) is 0 Å². The summed E-state index contributed by atoms with van der Waals surface area (Å²) >= 11 is 0. The highest BCUT2D eigenvalue weighted by molar-refractivity contribution is 6.01. The Hall–Kier alpha value is -2.73. The van der Waals surface area contributed by atoms with Crippen LogP contribution in [0.5, 0.6) is 0 Å². The van der Waals surface area contributed by atoms with E-state index in [1.165, 1.54) is 0 Å². The van der Waals surface area contributed by atoms with Crippen LogP contribution in [0.1, 0.15) is 28.0 Å². The molecule has 0 saturated carbocycles. The largest absolute Gasteiger partial charge is 0.434 e. The van der Waals surface area contributed by atoms with Crippen LogP contribution in [0.4, 0.5) is 23.4 Å². The highest BCUT2D eigenvalue weighted by Gasteiger charge is 2.35. The van der Waals surface area contributed by atoms with Crippen LogP contribution < -0.4 is 16.4 Å². The first kappa shape index (κ1) is 19.6. The quantitative estimate of drug-likeness (QED) is 0.654. The minimum atomic E-state index is -4.66. The number of rotatable bonds is 4. The topological polar surface area (TPSA) is 107 Å². The maximum atomic E-state index is 14.9. The van der Waals surface area contributed by atoms with Gasteiger partial charge in [-0.3, -0.25) is 9.36 Å². The predicted molar refractivity (Wildman–Crippen MR) is 92.9 cm³/mol. The number of carbonyl (C=O) groups excluding carboxylic acids is 1. The molecule has 0 bridgehead atoms. The Bertz CT molecular complexity index is 945. The SMILES string of the molecule is N[C@H]1COCC[C@H]1CNc1nc(-n2cnc(C(F)(F)F)c2)c2c(c1F)CNC2=O. The number of alkyl halides is 3. The van der Waals surface area contributed by atoms with Crippen LogP contribution in [0.25, 0.3) is 5.82 Å². The second kappa shape index (κ2) is 7.26. The normalized spacial score (nSPS) is 21.8.